The molecule has 56 valence electrons. The summed E-state index contributed by atoms with van der Waals surface area (Å²) >= 11 is 0. The highest BCUT2D eigenvalue weighted by molar-refractivity contribution is 6.01. The van der Waals surface area contributed by atoms with E-state index >= 15 is 0 Å². The van der Waals surface area contributed by atoms with Crippen LogP contribution in [-0.4, -0.2) is 17.2 Å². The Morgan fingerprint density at radius 1 is 1.55 bits per heavy atom. The molecule has 1 aromatic heterocycles. The van der Waals surface area contributed by atoms with Crippen LogP contribution < -0.4 is 0 Å². The normalized spacial score (nSPS) is 21.6. The fourth-order valence-electron chi connectivity index (χ4n) is 1.11. The standard InChI is InChI=1S/C9H10N2/c1-3-8(7-10-5-1)9-4-2-6-11-9/h1,3,5,7H,2,4,6H2/i1D,3D,5D,7D. The third kappa shape index (κ3) is 1.29. The number of aromatic nitrogens is 1. The molecule has 0 atom stereocenters. The van der Waals surface area contributed by atoms with E-state index in [1.165, 1.54) is 0 Å². The van der Waals surface area contributed by atoms with Gasteiger partial charge in [-0.2, -0.15) is 0 Å². The van der Waals surface area contributed by atoms with Gasteiger partial charge < -0.3 is 0 Å². The second-order valence-corrected chi connectivity index (χ2v) is 2.39. The zero-order valence-electron chi connectivity index (χ0n) is 10.0. The maximum Gasteiger partial charge on any atom is 0.0847 e. The summed E-state index contributed by atoms with van der Waals surface area (Å²) in [5.41, 5.74) is 1.01. The molecule has 0 aromatic carbocycles. The summed E-state index contributed by atoms with van der Waals surface area (Å²) in [6, 6.07) is -0.323. The van der Waals surface area contributed by atoms with Crippen LogP contribution in [0.2, 0.25) is 0 Å². The van der Waals surface area contributed by atoms with E-state index in [9.17, 15) is 0 Å². The number of nitrogens with zero attached hydrogens (tertiary/aromatic N) is 2. The van der Waals surface area contributed by atoms with Gasteiger partial charge in [0.15, 0.2) is 0 Å². The molecule has 0 fully saturated rings. The molecule has 2 rings (SSSR count). The minimum Gasteiger partial charge on any atom is -0.289 e. The van der Waals surface area contributed by atoms with E-state index in [1.54, 1.807) is 0 Å². The van der Waals surface area contributed by atoms with Crippen molar-refractivity contribution in [3.63, 3.8) is 0 Å². The Labute approximate surface area is 71.6 Å². The van der Waals surface area contributed by atoms with Crippen molar-refractivity contribution in [2.24, 2.45) is 4.99 Å². The van der Waals surface area contributed by atoms with Gasteiger partial charge in [-0.1, -0.05) is 6.04 Å². The van der Waals surface area contributed by atoms with Crippen LogP contribution in [0.25, 0.3) is 0 Å². The van der Waals surface area contributed by atoms with E-state index in [0.717, 1.165) is 12.8 Å². The molecule has 0 saturated heterocycles. The SMILES string of the molecule is [2H]c1nc([2H])c(C2=NCCC2)c([2H])c1[2H]. The molecule has 0 unspecified atom stereocenters. The van der Waals surface area contributed by atoms with Crippen molar-refractivity contribution in [2.75, 3.05) is 6.54 Å². The Hall–Kier alpha value is -1.18. The average molecular weight is 150 g/mol. The maximum atomic E-state index is 7.69. The first-order valence-corrected chi connectivity index (χ1v) is 3.59. The van der Waals surface area contributed by atoms with Crippen molar-refractivity contribution in [1.29, 1.82) is 0 Å². The van der Waals surface area contributed by atoms with Gasteiger partial charge in [-0.15, -0.1) is 0 Å². The maximum absolute atomic E-state index is 7.69. The molecule has 0 N–H and O–H groups in total. The molecule has 11 heavy (non-hydrogen) atoms. The van der Waals surface area contributed by atoms with E-state index in [0.29, 0.717) is 17.8 Å². The predicted octanol–water partition coefficient (Wildman–Crippen LogP) is 1.66. The van der Waals surface area contributed by atoms with Crippen LogP contribution in [0.3, 0.4) is 0 Å². The molecule has 1 aromatic rings. The Morgan fingerprint density at radius 2 is 2.55 bits per heavy atom. The molecule has 0 saturated carbocycles. The molecule has 2 heteroatoms. The van der Waals surface area contributed by atoms with Crippen LogP contribution in [0.15, 0.2) is 29.4 Å². The minimum atomic E-state index is -0.313. The molecular weight excluding hydrogens is 136 g/mol. The fourth-order valence-corrected chi connectivity index (χ4v) is 1.11. The Balaban J connectivity index is 2.60. The molecule has 0 spiro atoms. The van der Waals surface area contributed by atoms with Crippen LogP contribution >= 0.6 is 0 Å². The van der Waals surface area contributed by atoms with Crippen molar-refractivity contribution in [2.45, 2.75) is 12.8 Å². The summed E-state index contributed by atoms with van der Waals surface area (Å²) in [4.78, 5) is 7.81. The van der Waals surface area contributed by atoms with Gasteiger partial charge in [0.25, 0.3) is 0 Å². The molecular formula is C9H10N2. The zero-order chi connectivity index (χ0) is 11.0. The van der Waals surface area contributed by atoms with Crippen molar-refractivity contribution >= 4 is 5.71 Å². The predicted molar refractivity (Wildman–Crippen MR) is 44.9 cm³/mol. The van der Waals surface area contributed by atoms with E-state index in [1.807, 2.05) is 0 Å². The molecule has 0 radical (unpaired) electrons. The molecule has 1 aliphatic heterocycles. The monoisotopic (exact) mass is 150 g/mol. The van der Waals surface area contributed by atoms with Crippen molar-refractivity contribution in [3.8, 4) is 0 Å². The Morgan fingerprint density at radius 3 is 3.36 bits per heavy atom. The largest absolute Gasteiger partial charge is 0.289 e. The van der Waals surface area contributed by atoms with Gasteiger partial charge in [-0.25, -0.2) is 0 Å². The third-order valence-corrected chi connectivity index (χ3v) is 1.63. The van der Waals surface area contributed by atoms with Crippen molar-refractivity contribution < 1.29 is 5.48 Å². The van der Waals surface area contributed by atoms with Crippen molar-refractivity contribution in [1.82, 2.24) is 4.98 Å². The molecule has 0 aliphatic carbocycles. The van der Waals surface area contributed by atoms with Crippen LogP contribution in [-0.2, 0) is 0 Å². The number of hydrogen-bond donors (Lipinski definition) is 0. The smallest absolute Gasteiger partial charge is 0.0847 e. The number of aliphatic imine (C=N–C) groups is 1. The number of rotatable bonds is 1. The minimum absolute atomic E-state index is 0.0966. The van der Waals surface area contributed by atoms with Crippen LogP contribution in [0.1, 0.15) is 23.9 Å². The van der Waals surface area contributed by atoms with E-state index in [-0.39, 0.29) is 24.4 Å². The molecule has 0 bridgehead atoms. The lowest BCUT2D eigenvalue weighted by molar-refractivity contribution is 0.951. The molecule has 0 amide bonds. The third-order valence-electron chi connectivity index (χ3n) is 1.63. The fraction of sp³-hybridized carbons (Fsp3) is 0.333. The number of pyridine rings is 1. The summed E-state index contributed by atoms with van der Waals surface area (Å²) in [7, 11) is 0. The second-order valence-electron chi connectivity index (χ2n) is 2.39. The first-order valence-electron chi connectivity index (χ1n) is 5.59. The van der Waals surface area contributed by atoms with Gasteiger partial charge in [0.05, 0.1) is 5.48 Å². The van der Waals surface area contributed by atoms with Crippen LogP contribution in [0.4, 0.5) is 0 Å². The lowest BCUT2D eigenvalue weighted by Crippen LogP contribution is -1.95. The quantitative estimate of drug-likeness (QED) is 0.597. The van der Waals surface area contributed by atoms with E-state index in [4.69, 9.17) is 5.48 Å². The first-order chi connectivity index (χ1) is 7.11. The summed E-state index contributed by atoms with van der Waals surface area (Å²) < 4.78 is 30.1. The zero-order valence-corrected chi connectivity index (χ0v) is 6.02. The van der Waals surface area contributed by atoms with E-state index in [2.05, 4.69) is 9.98 Å². The second kappa shape index (κ2) is 2.82. The molecule has 2 nitrogen and oxygen atoms in total. The number of hydrogen-bond acceptors (Lipinski definition) is 2. The Kier molecular flexibility index (Phi) is 0.893. The summed E-state index contributed by atoms with van der Waals surface area (Å²) in [6.45, 7) is 0.712. The first kappa shape index (κ1) is 3.48. The van der Waals surface area contributed by atoms with Crippen LogP contribution in [0.5, 0.6) is 0 Å². The van der Waals surface area contributed by atoms with Gasteiger partial charge in [0, 0.05) is 30.2 Å². The van der Waals surface area contributed by atoms with Crippen LogP contribution in [0, 0.1) is 0 Å². The van der Waals surface area contributed by atoms with Crippen molar-refractivity contribution in [3.05, 3.63) is 30.0 Å². The highest BCUT2D eigenvalue weighted by atomic mass is 14.8. The summed E-state index contributed by atoms with van der Waals surface area (Å²) in [5, 5.41) is 0. The molecule has 2 heterocycles. The lowest BCUT2D eigenvalue weighted by Gasteiger charge is -1.96. The topological polar surface area (TPSA) is 25.2 Å². The summed E-state index contributed by atoms with van der Waals surface area (Å²) in [5.74, 6) is 0. The summed E-state index contributed by atoms with van der Waals surface area (Å²) in [6.07, 6.45) is 1.23. The lowest BCUT2D eigenvalue weighted by atomic mass is 10.1. The highest BCUT2D eigenvalue weighted by Gasteiger charge is 2.07. The van der Waals surface area contributed by atoms with Gasteiger partial charge in [-0.3, -0.25) is 9.98 Å². The van der Waals surface area contributed by atoms with Gasteiger partial charge in [0.1, 0.15) is 0 Å². The Bertz CT molecular complexity index is 442. The van der Waals surface area contributed by atoms with Gasteiger partial charge in [0.2, 0.25) is 0 Å². The van der Waals surface area contributed by atoms with E-state index < -0.39 is 0 Å². The highest BCUT2D eigenvalue weighted by Crippen LogP contribution is 2.10. The average Bonchev–Trinajstić information content (AvgIpc) is 2.68. The molecule has 1 aliphatic rings. The van der Waals surface area contributed by atoms with Gasteiger partial charge in [-0.05, 0) is 18.9 Å². The van der Waals surface area contributed by atoms with Gasteiger partial charge >= 0.3 is 0 Å².